The van der Waals surface area contributed by atoms with Crippen molar-refractivity contribution in [2.75, 3.05) is 19.7 Å². The normalized spacial score (nSPS) is 17.5. The highest BCUT2D eigenvalue weighted by molar-refractivity contribution is 7.89. The Morgan fingerprint density at radius 1 is 1.17 bits per heavy atom. The molecule has 1 aliphatic heterocycles. The molecule has 9 nitrogen and oxygen atoms in total. The first-order valence-corrected chi connectivity index (χ1v) is 11.0. The van der Waals surface area contributed by atoms with Crippen LogP contribution in [0.15, 0.2) is 45.9 Å². The van der Waals surface area contributed by atoms with Gasteiger partial charge in [0.05, 0.1) is 30.9 Å². The smallest absolute Gasteiger partial charge is 0.309 e. The zero-order valence-corrected chi connectivity index (χ0v) is 17.7. The number of rotatable bonds is 6. The average Bonchev–Trinajstić information content (AvgIpc) is 3.25. The van der Waals surface area contributed by atoms with Crippen molar-refractivity contribution in [1.82, 2.24) is 14.9 Å². The Morgan fingerprint density at radius 2 is 1.93 bits per heavy atom. The predicted molar refractivity (Wildman–Crippen MR) is 108 cm³/mol. The molecule has 0 spiro atoms. The first kappa shape index (κ1) is 22.0. The molecule has 2 heterocycles. The van der Waals surface area contributed by atoms with Crippen LogP contribution < -0.4 is 10.6 Å². The number of nitrogens with zero attached hydrogens (tertiary/aromatic N) is 1. The van der Waals surface area contributed by atoms with Gasteiger partial charge in [0.1, 0.15) is 12.0 Å². The molecule has 2 amide bonds. The molecule has 2 N–H and O–H groups in total. The van der Waals surface area contributed by atoms with Gasteiger partial charge in [0.25, 0.3) is 0 Å². The molecule has 0 saturated carbocycles. The number of amides is 2. The van der Waals surface area contributed by atoms with E-state index < -0.39 is 28.1 Å². The van der Waals surface area contributed by atoms with Gasteiger partial charge in [-0.3, -0.25) is 9.59 Å². The molecule has 1 aromatic carbocycles. The molecule has 0 unspecified atom stereocenters. The van der Waals surface area contributed by atoms with Gasteiger partial charge in [-0.05, 0) is 49.6 Å². The van der Waals surface area contributed by atoms with Crippen LogP contribution in [0.2, 0.25) is 0 Å². The van der Waals surface area contributed by atoms with E-state index >= 15 is 0 Å². The van der Waals surface area contributed by atoms with Gasteiger partial charge in [0.15, 0.2) is 0 Å². The fourth-order valence-electron chi connectivity index (χ4n) is 3.14. The molecule has 2 aromatic rings. The van der Waals surface area contributed by atoms with Crippen molar-refractivity contribution in [3.8, 4) is 0 Å². The highest BCUT2D eigenvalue weighted by atomic mass is 32.2. The summed E-state index contributed by atoms with van der Waals surface area (Å²) in [5, 5.41) is 4.89. The van der Waals surface area contributed by atoms with Crippen molar-refractivity contribution in [2.24, 2.45) is 0 Å². The van der Waals surface area contributed by atoms with Crippen molar-refractivity contribution in [1.29, 1.82) is 0 Å². The number of hydrogen-bond donors (Lipinski definition) is 2. The molecule has 0 aliphatic carbocycles. The molecule has 0 radical (unpaired) electrons. The second-order valence-electron chi connectivity index (χ2n) is 7.04. The van der Waals surface area contributed by atoms with E-state index in [4.69, 9.17) is 9.15 Å². The van der Waals surface area contributed by atoms with Crippen molar-refractivity contribution < 1.29 is 27.2 Å². The van der Waals surface area contributed by atoms with Gasteiger partial charge in [-0.25, -0.2) is 8.42 Å². The zero-order valence-electron chi connectivity index (χ0n) is 16.9. The van der Waals surface area contributed by atoms with Gasteiger partial charge < -0.3 is 19.8 Å². The maximum atomic E-state index is 13.2. The summed E-state index contributed by atoms with van der Waals surface area (Å²) in [5.74, 6) is -1.21. The number of carbonyl (C=O) groups excluding carboxylic acids is 2. The topological polar surface area (TPSA) is 118 Å². The van der Waals surface area contributed by atoms with Crippen molar-refractivity contribution in [3.05, 3.63) is 53.5 Å². The van der Waals surface area contributed by atoms with E-state index in [1.54, 1.807) is 31.2 Å². The average molecular weight is 436 g/mol. The van der Waals surface area contributed by atoms with Crippen LogP contribution in [0.4, 0.5) is 0 Å². The van der Waals surface area contributed by atoms with Crippen molar-refractivity contribution in [2.45, 2.75) is 37.9 Å². The standard InChI is InChI=1S/C20H25N3O6S/c1-14-6-7-15(2)17(11-14)30(26,27)23-8-4-10-29-18(23)13-22-20(25)19(24)21-12-16-5-3-9-28-16/h3,5-7,9,11,18H,4,8,10,12-13H2,1-2H3,(H,21,24)(H,22,25)/t18-/m0/s1. The number of hydrogen-bond acceptors (Lipinski definition) is 6. The summed E-state index contributed by atoms with van der Waals surface area (Å²) in [6, 6.07) is 8.57. The Bertz CT molecular complexity index is 1000. The molecule has 0 bridgehead atoms. The Morgan fingerprint density at radius 3 is 2.67 bits per heavy atom. The highest BCUT2D eigenvalue weighted by Gasteiger charge is 2.35. The Balaban J connectivity index is 1.64. The predicted octanol–water partition coefficient (Wildman–Crippen LogP) is 1.07. The van der Waals surface area contributed by atoms with Crippen LogP contribution in [-0.4, -0.2) is 50.5 Å². The molecule has 1 fully saturated rings. The first-order chi connectivity index (χ1) is 14.3. The molecule has 1 aliphatic rings. The quantitative estimate of drug-likeness (QED) is 0.656. The molecule has 162 valence electrons. The number of carbonyl (C=O) groups is 2. The highest BCUT2D eigenvalue weighted by Crippen LogP contribution is 2.25. The lowest BCUT2D eigenvalue weighted by atomic mass is 10.2. The van der Waals surface area contributed by atoms with E-state index in [2.05, 4.69) is 10.6 Å². The lowest BCUT2D eigenvalue weighted by Gasteiger charge is -2.35. The molecule has 1 atom stereocenters. The van der Waals surface area contributed by atoms with Gasteiger partial charge >= 0.3 is 11.8 Å². The van der Waals surface area contributed by atoms with Crippen molar-refractivity contribution in [3.63, 3.8) is 0 Å². The van der Waals surface area contributed by atoms with Gasteiger partial charge in [-0.1, -0.05) is 12.1 Å². The molecule has 1 saturated heterocycles. The maximum absolute atomic E-state index is 13.2. The summed E-state index contributed by atoms with van der Waals surface area (Å²) in [5.41, 5.74) is 1.46. The molecule has 30 heavy (non-hydrogen) atoms. The summed E-state index contributed by atoms with van der Waals surface area (Å²) in [6.07, 6.45) is 1.11. The number of benzene rings is 1. The van der Waals surface area contributed by atoms with Crippen LogP contribution in [0.1, 0.15) is 23.3 Å². The van der Waals surface area contributed by atoms with Crippen molar-refractivity contribution >= 4 is 21.8 Å². The van der Waals surface area contributed by atoms with E-state index in [9.17, 15) is 18.0 Å². The molecule has 10 heteroatoms. The van der Waals surface area contributed by atoms with Crippen LogP contribution in [-0.2, 0) is 30.9 Å². The van der Waals surface area contributed by atoms with Crippen LogP contribution in [0.5, 0.6) is 0 Å². The second kappa shape index (κ2) is 9.41. The van der Waals surface area contributed by atoms with Crippen LogP contribution in [0.3, 0.4) is 0 Å². The number of aryl methyl sites for hydroxylation is 2. The van der Waals surface area contributed by atoms with Crippen LogP contribution in [0, 0.1) is 13.8 Å². The van der Waals surface area contributed by atoms with Gasteiger partial charge in [-0.15, -0.1) is 0 Å². The largest absolute Gasteiger partial charge is 0.467 e. The summed E-state index contributed by atoms with van der Waals surface area (Å²) >= 11 is 0. The SMILES string of the molecule is Cc1ccc(C)c(S(=O)(=O)N2CCCO[C@H]2CNC(=O)C(=O)NCc2ccco2)c1. The Hall–Kier alpha value is -2.69. The lowest BCUT2D eigenvalue weighted by Crippen LogP contribution is -2.53. The lowest BCUT2D eigenvalue weighted by molar-refractivity contribution is -0.140. The zero-order chi connectivity index (χ0) is 21.7. The van der Waals surface area contributed by atoms with Gasteiger partial charge in [0, 0.05) is 6.54 Å². The number of ether oxygens (including phenoxy) is 1. The van der Waals surface area contributed by atoms with Gasteiger partial charge in [0.2, 0.25) is 10.0 Å². The summed E-state index contributed by atoms with van der Waals surface area (Å²) in [7, 11) is -3.83. The molecular formula is C20H25N3O6S. The van der Waals surface area contributed by atoms with E-state index in [1.165, 1.54) is 10.6 Å². The van der Waals surface area contributed by atoms with E-state index in [0.717, 1.165) is 5.56 Å². The van der Waals surface area contributed by atoms with E-state index in [-0.39, 0.29) is 24.5 Å². The maximum Gasteiger partial charge on any atom is 0.309 e. The van der Waals surface area contributed by atoms with Crippen LogP contribution >= 0.6 is 0 Å². The minimum atomic E-state index is -3.83. The first-order valence-electron chi connectivity index (χ1n) is 9.58. The van der Waals surface area contributed by atoms with Crippen LogP contribution in [0.25, 0.3) is 0 Å². The second-order valence-corrected chi connectivity index (χ2v) is 8.89. The van der Waals surface area contributed by atoms with E-state index in [0.29, 0.717) is 24.4 Å². The Labute approximate surface area is 175 Å². The molecular weight excluding hydrogens is 410 g/mol. The summed E-state index contributed by atoms with van der Waals surface area (Å²) < 4.78 is 38.4. The number of furan rings is 1. The fraction of sp³-hybridized carbons (Fsp3) is 0.400. The van der Waals surface area contributed by atoms with Gasteiger partial charge in [-0.2, -0.15) is 4.31 Å². The minimum absolute atomic E-state index is 0.0757. The third-order valence-electron chi connectivity index (χ3n) is 4.73. The number of sulfonamides is 1. The fourth-order valence-corrected chi connectivity index (χ4v) is 5.01. The molecule has 3 rings (SSSR count). The minimum Gasteiger partial charge on any atom is -0.467 e. The summed E-state index contributed by atoms with van der Waals surface area (Å²) in [4.78, 5) is 24.3. The third kappa shape index (κ3) is 5.07. The summed E-state index contributed by atoms with van der Waals surface area (Å²) in [6.45, 7) is 4.12. The number of nitrogens with one attached hydrogen (secondary N) is 2. The molecule has 1 aromatic heterocycles. The Kier molecular flexibility index (Phi) is 6.91. The third-order valence-corrected chi connectivity index (χ3v) is 6.76. The van der Waals surface area contributed by atoms with E-state index in [1.807, 2.05) is 13.0 Å². The monoisotopic (exact) mass is 435 g/mol.